The Balaban J connectivity index is 1.39. The van der Waals surface area contributed by atoms with Gasteiger partial charge in [-0.2, -0.15) is 0 Å². The second-order valence-electron chi connectivity index (χ2n) is 14.7. The highest BCUT2D eigenvalue weighted by atomic mass is 16.5. The van der Waals surface area contributed by atoms with Crippen molar-refractivity contribution in [1.29, 1.82) is 0 Å². The van der Waals surface area contributed by atoms with Gasteiger partial charge >= 0.3 is 0 Å². The van der Waals surface area contributed by atoms with Crippen molar-refractivity contribution >= 4 is 44.6 Å². The Hall–Kier alpha value is -5.58. The van der Waals surface area contributed by atoms with Crippen molar-refractivity contribution in [2.45, 2.75) is 78.4 Å². The molecule has 8 rings (SSSR count). The standard InChI is InChI=1S/C38H35NO10/c1-11-9-15(40)19-21-17(11)35-25(37(5,6)13(3)48-35)29(42)23(21)33(46)27(31(19)44)39-28-32(45)20-16(41)10-12(2)18-22(20)24(34(28)47)30(43)26-36(18)49-14(4)38(26,7)8/h9-10,13-14,39-45H,1-8H3. The molecule has 2 atom stereocenters. The quantitative estimate of drug-likeness (QED) is 0.121. The van der Waals surface area contributed by atoms with Crippen LogP contribution in [0.25, 0.3) is 33.1 Å². The Kier molecular flexibility index (Phi) is 5.71. The Bertz CT molecular complexity index is 2240. The van der Waals surface area contributed by atoms with Crippen molar-refractivity contribution in [2.24, 2.45) is 0 Å². The zero-order valence-corrected chi connectivity index (χ0v) is 28.1. The van der Waals surface area contributed by atoms with E-state index in [-0.39, 0.29) is 33.0 Å². The molecule has 4 aliphatic rings. The predicted octanol–water partition coefficient (Wildman–Crippen LogP) is 6.68. The second-order valence-corrected chi connectivity index (χ2v) is 14.7. The number of hydrogen-bond donors (Lipinski definition) is 7. The van der Waals surface area contributed by atoms with E-state index in [1.807, 2.05) is 41.5 Å². The lowest BCUT2D eigenvalue weighted by atomic mass is 9.76. The fourth-order valence-corrected chi connectivity index (χ4v) is 8.12. The van der Waals surface area contributed by atoms with Crippen molar-refractivity contribution in [3.05, 3.63) is 68.0 Å². The normalized spacial score (nSPS) is 21.3. The van der Waals surface area contributed by atoms with Crippen LogP contribution in [0.2, 0.25) is 0 Å². The van der Waals surface area contributed by atoms with Gasteiger partial charge in [0, 0.05) is 43.5 Å². The molecule has 0 radical (unpaired) electrons. The van der Waals surface area contributed by atoms with Crippen LogP contribution in [0.4, 0.5) is 0 Å². The molecule has 7 N–H and O–H groups in total. The largest absolute Gasteiger partial charge is 0.507 e. The molecule has 11 nitrogen and oxygen atoms in total. The van der Waals surface area contributed by atoms with E-state index in [2.05, 4.69) is 5.32 Å². The van der Waals surface area contributed by atoms with E-state index in [4.69, 9.17) is 9.47 Å². The number of aryl methyl sites for hydroxylation is 2. The number of nitrogens with one attached hydrogen (secondary N) is 1. The number of allylic oxidation sites excluding steroid dienone is 2. The summed E-state index contributed by atoms with van der Waals surface area (Å²) in [5.74, 6) is -4.27. The van der Waals surface area contributed by atoms with Gasteiger partial charge in [-0.1, -0.05) is 27.7 Å². The van der Waals surface area contributed by atoms with Crippen LogP contribution in [-0.4, -0.2) is 54.4 Å². The van der Waals surface area contributed by atoms with Crippen LogP contribution in [0, 0.1) is 13.8 Å². The minimum Gasteiger partial charge on any atom is -0.507 e. The first-order valence-electron chi connectivity index (χ1n) is 16.0. The molecule has 4 aromatic rings. The van der Waals surface area contributed by atoms with Gasteiger partial charge in [-0.3, -0.25) is 9.59 Å². The summed E-state index contributed by atoms with van der Waals surface area (Å²) in [5.41, 5.74) is -1.71. The Labute approximate surface area is 280 Å². The van der Waals surface area contributed by atoms with Crippen LogP contribution in [0.15, 0.2) is 23.5 Å². The van der Waals surface area contributed by atoms with Crippen molar-refractivity contribution in [3.8, 4) is 34.5 Å². The monoisotopic (exact) mass is 665 g/mol. The molecule has 49 heavy (non-hydrogen) atoms. The van der Waals surface area contributed by atoms with Crippen LogP contribution in [0.1, 0.15) is 95.6 Å². The molecule has 2 heterocycles. The summed E-state index contributed by atoms with van der Waals surface area (Å²) in [6, 6.07) is 2.82. The van der Waals surface area contributed by atoms with E-state index < -0.39 is 80.5 Å². The number of rotatable bonds is 2. The third kappa shape index (κ3) is 3.42. The van der Waals surface area contributed by atoms with Gasteiger partial charge in [-0.25, -0.2) is 0 Å². The average Bonchev–Trinajstić information content (AvgIpc) is 3.37. The lowest BCUT2D eigenvalue weighted by Gasteiger charge is -2.29. The average molecular weight is 666 g/mol. The van der Waals surface area contributed by atoms with E-state index in [9.17, 15) is 40.2 Å². The maximum absolute atomic E-state index is 14.4. The summed E-state index contributed by atoms with van der Waals surface area (Å²) >= 11 is 0. The number of ether oxygens (including phenoxy) is 2. The predicted molar refractivity (Wildman–Crippen MR) is 181 cm³/mol. The van der Waals surface area contributed by atoms with Gasteiger partial charge in [0.1, 0.15) is 58.1 Å². The van der Waals surface area contributed by atoms with E-state index in [0.29, 0.717) is 44.5 Å². The third-order valence-electron chi connectivity index (χ3n) is 11.4. The summed E-state index contributed by atoms with van der Waals surface area (Å²) in [6.07, 6.45) is -0.792. The molecular weight excluding hydrogens is 630 g/mol. The number of benzene rings is 4. The summed E-state index contributed by atoms with van der Waals surface area (Å²) in [5, 5.41) is 72.8. The number of aliphatic hydroxyl groups excluding tert-OH is 2. The number of ketones is 2. The molecule has 0 amide bonds. The van der Waals surface area contributed by atoms with Gasteiger partial charge in [0.2, 0.25) is 11.6 Å². The number of phenolic OH excluding ortho intramolecular Hbond substituents is 4. The summed E-state index contributed by atoms with van der Waals surface area (Å²) in [6.45, 7) is 14.6. The number of carbonyl (C=O) groups excluding carboxylic acids is 2. The third-order valence-corrected chi connectivity index (χ3v) is 11.4. The smallest absolute Gasteiger partial charge is 0.217 e. The number of hydrogen-bond acceptors (Lipinski definition) is 11. The Morgan fingerprint density at radius 1 is 0.592 bits per heavy atom. The maximum Gasteiger partial charge on any atom is 0.217 e. The van der Waals surface area contributed by atoms with Crippen LogP contribution in [-0.2, 0) is 10.8 Å². The van der Waals surface area contributed by atoms with Crippen molar-refractivity contribution in [3.63, 3.8) is 0 Å². The first-order valence-corrected chi connectivity index (χ1v) is 16.0. The zero-order valence-electron chi connectivity index (χ0n) is 28.1. The molecule has 0 saturated heterocycles. The molecule has 0 saturated carbocycles. The molecule has 2 aliphatic heterocycles. The highest BCUT2D eigenvalue weighted by molar-refractivity contribution is 6.30. The SMILES string of the molecule is Cc1cc(O)c2c3c(c(O)c4c(c13)OC(C)C4(C)C)C(=O)C(NC1=C(O)c3c(O)cc(C)c4c5c(c(O)c(c34)C1=O)C(C)(C)C(C)O5)=C2O. The molecule has 252 valence electrons. The number of aromatic hydroxyl groups is 4. The number of fused-ring (bicyclic) bond motifs is 4. The number of carbonyl (C=O) groups is 2. The lowest BCUT2D eigenvalue weighted by Crippen LogP contribution is -2.32. The van der Waals surface area contributed by atoms with E-state index in [0.717, 1.165) is 0 Å². The number of Topliss-reactive ketones (excluding diaryl/α,β-unsaturated/α-hetero) is 2. The summed E-state index contributed by atoms with van der Waals surface area (Å²) in [4.78, 5) is 28.9. The van der Waals surface area contributed by atoms with Gasteiger partial charge < -0.3 is 45.4 Å². The molecule has 0 aromatic heterocycles. The van der Waals surface area contributed by atoms with Gasteiger partial charge in [0.15, 0.2) is 11.5 Å². The fourth-order valence-electron chi connectivity index (χ4n) is 8.12. The fraction of sp³-hybridized carbons (Fsp3) is 0.316. The molecule has 4 aromatic carbocycles. The molecule has 11 heteroatoms. The minimum atomic E-state index is -0.922. The highest BCUT2D eigenvalue weighted by Gasteiger charge is 2.49. The zero-order chi connectivity index (χ0) is 35.5. The van der Waals surface area contributed by atoms with Crippen molar-refractivity contribution in [1.82, 2.24) is 5.32 Å². The van der Waals surface area contributed by atoms with Gasteiger partial charge in [-0.05, 0) is 51.0 Å². The molecule has 2 unspecified atom stereocenters. The van der Waals surface area contributed by atoms with E-state index in [1.165, 1.54) is 12.1 Å². The highest BCUT2D eigenvalue weighted by Crippen LogP contribution is 2.59. The number of phenols is 4. The number of aliphatic hydroxyl groups is 2. The van der Waals surface area contributed by atoms with E-state index in [1.54, 1.807) is 13.8 Å². The van der Waals surface area contributed by atoms with Crippen molar-refractivity contribution in [2.75, 3.05) is 0 Å². The minimum absolute atomic E-state index is 0.0765. The van der Waals surface area contributed by atoms with Gasteiger partial charge in [-0.15, -0.1) is 0 Å². The Morgan fingerprint density at radius 3 is 1.29 bits per heavy atom. The Morgan fingerprint density at radius 2 is 0.939 bits per heavy atom. The molecule has 0 fully saturated rings. The van der Waals surface area contributed by atoms with Gasteiger partial charge in [0.05, 0.1) is 22.3 Å². The van der Waals surface area contributed by atoms with Crippen molar-refractivity contribution < 1.29 is 49.7 Å². The van der Waals surface area contributed by atoms with Crippen LogP contribution in [0.3, 0.4) is 0 Å². The second kappa shape index (κ2) is 9.10. The molecule has 0 bridgehead atoms. The molecular formula is C38H35NO10. The van der Waals surface area contributed by atoms with Crippen LogP contribution < -0.4 is 14.8 Å². The van der Waals surface area contributed by atoms with Gasteiger partial charge in [0.25, 0.3) is 0 Å². The topological polar surface area (TPSA) is 186 Å². The molecule has 2 aliphatic carbocycles. The van der Waals surface area contributed by atoms with Crippen LogP contribution in [0.5, 0.6) is 34.5 Å². The molecule has 0 spiro atoms. The first kappa shape index (κ1) is 30.7. The van der Waals surface area contributed by atoms with Crippen LogP contribution >= 0.6 is 0 Å². The maximum atomic E-state index is 14.4. The summed E-state index contributed by atoms with van der Waals surface area (Å²) < 4.78 is 12.4. The van der Waals surface area contributed by atoms with E-state index >= 15 is 0 Å². The first-order chi connectivity index (χ1) is 22.8. The summed E-state index contributed by atoms with van der Waals surface area (Å²) in [7, 11) is 0. The lowest BCUT2D eigenvalue weighted by molar-refractivity contribution is 0.101.